The molecule has 1 aromatic rings. The van der Waals surface area contributed by atoms with E-state index < -0.39 is 10.0 Å². The van der Waals surface area contributed by atoms with Crippen LogP contribution in [0.5, 0.6) is 0 Å². The average Bonchev–Trinajstić information content (AvgIpc) is 2.49. The summed E-state index contributed by atoms with van der Waals surface area (Å²) in [7, 11) is 1.93. The third-order valence-corrected chi connectivity index (χ3v) is 5.90. The second kappa shape index (κ2) is 6.72. The lowest BCUT2D eigenvalue weighted by Crippen LogP contribution is -2.38. The number of anilines is 1. The minimum Gasteiger partial charge on any atom is -0.372 e. The van der Waals surface area contributed by atoms with Crippen LogP contribution in [0.1, 0.15) is 12.8 Å². The summed E-state index contributed by atoms with van der Waals surface area (Å²) in [6, 6.07) is 3.25. The van der Waals surface area contributed by atoms with Gasteiger partial charge in [-0.05, 0) is 51.0 Å². The van der Waals surface area contributed by atoms with Crippen molar-refractivity contribution < 1.29 is 8.42 Å². The molecule has 0 unspecified atom stereocenters. The SMILES string of the molecule is CNc1ncccc1S(=O)(=O)N(C)CC1CCN(C)CC1. The summed E-state index contributed by atoms with van der Waals surface area (Å²) in [6.07, 6.45) is 3.67. The van der Waals surface area contributed by atoms with E-state index in [1.807, 2.05) is 0 Å². The molecule has 0 bridgehead atoms. The Balaban J connectivity index is 2.11. The van der Waals surface area contributed by atoms with Crippen LogP contribution in [0.3, 0.4) is 0 Å². The van der Waals surface area contributed by atoms with Crippen LogP contribution in [-0.2, 0) is 10.0 Å². The van der Waals surface area contributed by atoms with Gasteiger partial charge in [-0.3, -0.25) is 0 Å². The van der Waals surface area contributed by atoms with Gasteiger partial charge in [0, 0.05) is 26.8 Å². The first-order valence-corrected chi connectivity index (χ1v) is 8.67. The topological polar surface area (TPSA) is 65.5 Å². The molecule has 118 valence electrons. The lowest BCUT2D eigenvalue weighted by Gasteiger charge is -2.31. The smallest absolute Gasteiger partial charge is 0.246 e. The zero-order valence-corrected chi connectivity index (χ0v) is 13.7. The Morgan fingerprint density at radius 3 is 2.71 bits per heavy atom. The summed E-state index contributed by atoms with van der Waals surface area (Å²) < 4.78 is 26.8. The van der Waals surface area contributed by atoms with Crippen LogP contribution in [-0.4, -0.2) is 63.4 Å². The molecule has 1 aliphatic heterocycles. The van der Waals surface area contributed by atoms with Gasteiger partial charge in [-0.25, -0.2) is 17.7 Å². The fraction of sp³-hybridized carbons (Fsp3) is 0.643. The Morgan fingerprint density at radius 2 is 2.10 bits per heavy atom. The van der Waals surface area contributed by atoms with Gasteiger partial charge in [-0.15, -0.1) is 0 Å². The number of sulfonamides is 1. The number of rotatable bonds is 5. The fourth-order valence-corrected chi connectivity index (χ4v) is 4.05. The Morgan fingerprint density at radius 1 is 1.43 bits per heavy atom. The van der Waals surface area contributed by atoms with Gasteiger partial charge >= 0.3 is 0 Å². The van der Waals surface area contributed by atoms with E-state index in [0.29, 0.717) is 18.3 Å². The first-order chi connectivity index (χ1) is 9.95. The maximum Gasteiger partial charge on any atom is 0.246 e. The molecule has 0 aliphatic carbocycles. The van der Waals surface area contributed by atoms with Crippen molar-refractivity contribution in [3.05, 3.63) is 18.3 Å². The summed E-state index contributed by atoms with van der Waals surface area (Å²) in [4.78, 5) is 6.60. The minimum atomic E-state index is -3.50. The Labute approximate surface area is 127 Å². The second-order valence-electron chi connectivity index (χ2n) is 5.63. The van der Waals surface area contributed by atoms with Crippen LogP contribution in [0, 0.1) is 5.92 Å². The highest BCUT2D eigenvalue weighted by Crippen LogP contribution is 2.24. The molecule has 1 N–H and O–H groups in total. The van der Waals surface area contributed by atoms with Crippen LogP contribution < -0.4 is 5.32 Å². The van der Waals surface area contributed by atoms with Crippen LogP contribution >= 0.6 is 0 Å². The van der Waals surface area contributed by atoms with Crippen LogP contribution in [0.15, 0.2) is 23.2 Å². The first-order valence-electron chi connectivity index (χ1n) is 7.23. The van der Waals surface area contributed by atoms with Gasteiger partial charge in [0.1, 0.15) is 10.7 Å². The first kappa shape index (κ1) is 16.2. The van der Waals surface area contributed by atoms with E-state index in [-0.39, 0.29) is 4.90 Å². The molecule has 0 atom stereocenters. The summed E-state index contributed by atoms with van der Waals surface area (Å²) in [6.45, 7) is 2.63. The van der Waals surface area contributed by atoms with Crippen molar-refractivity contribution in [3.8, 4) is 0 Å². The van der Waals surface area contributed by atoms with E-state index in [1.165, 1.54) is 4.31 Å². The lowest BCUT2D eigenvalue weighted by molar-refractivity contribution is 0.202. The quantitative estimate of drug-likeness (QED) is 0.881. The van der Waals surface area contributed by atoms with Gasteiger partial charge in [0.05, 0.1) is 0 Å². The molecule has 1 saturated heterocycles. The highest BCUT2D eigenvalue weighted by atomic mass is 32.2. The minimum absolute atomic E-state index is 0.239. The number of hydrogen-bond acceptors (Lipinski definition) is 5. The van der Waals surface area contributed by atoms with Gasteiger partial charge in [0.15, 0.2) is 0 Å². The molecule has 2 heterocycles. The second-order valence-corrected chi connectivity index (χ2v) is 7.65. The monoisotopic (exact) mass is 312 g/mol. The third-order valence-electron chi connectivity index (χ3n) is 4.05. The molecular formula is C14H24N4O2S. The van der Waals surface area contributed by atoms with Crippen molar-refractivity contribution in [1.29, 1.82) is 0 Å². The fourth-order valence-electron chi connectivity index (χ4n) is 2.66. The third kappa shape index (κ3) is 3.72. The van der Waals surface area contributed by atoms with Gasteiger partial charge in [-0.2, -0.15) is 0 Å². The number of hydrogen-bond donors (Lipinski definition) is 1. The highest BCUT2D eigenvalue weighted by Gasteiger charge is 2.27. The number of piperidine rings is 1. The van der Waals surface area contributed by atoms with E-state index in [1.54, 1.807) is 32.4 Å². The van der Waals surface area contributed by atoms with Crippen molar-refractivity contribution in [2.24, 2.45) is 5.92 Å². The summed E-state index contributed by atoms with van der Waals surface area (Å²) >= 11 is 0. The van der Waals surface area contributed by atoms with Gasteiger partial charge in [0.2, 0.25) is 10.0 Å². The van der Waals surface area contributed by atoms with E-state index in [9.17, 15) is 8.42 Å². The van der Waals surface area contributed by atoms with Crippen molar-refractivity contribution >= 4 is 15.8 Å². The lowest BCUT2D eigenvalue weighted by atomic mass is 9.97. The molecule has 1 fully saturated rings. The highest BCUT2D eigenvalue weighted by molar-refractivity contribution is 7.89. The van der Waals surface area contributed by atoms with Gasteiger partial charge in [-0.1, -0.05) is 0 Å². The largest absolute Gasteiger partial charge is 0.372 e. The molecule has 0 spiro atoms. The van der Waals surface area contributed by atoms with Crippen LogP contribution in [0.2, 0.25) is 0 Å². The van der Waals surface area contributed by atoms with Crippen molar-refractivity contribution in [3.63, 3.8) is 0 Å². The number of nitrogens with one attached hydrogen (secondary N) is 1. The predicted molar refractivity (Wildman–Crippen MR) is 83.8 cm³/mol. The number of aromatic nitrogens is 1. The average molecular weight is 312 g/mol. The van der Waals surface area contributed by atoms with E-state index in [4.69, 9.17) is 0 Å². The number of likely N-dealkylation sites (tertiary alicyclic amines) is 1. The van der Waals surface area contributed by atoms with E-state index in [0.717, 1.165) is 25.9 Å². The zero-order chi connectivity index (χ0) is 15.5. The Hall–Kier alpha value is -1.18. The molecule has 7 heteroatoms. The molecule has 0 aromatic carbocycles. The Bertz CT molecular complexity index is 568. The van der Waals surface area contributed by atoms with Crippen LogP contribution in [0.4, 0.5) is 5.82 Å². The molecule has 6 nitrogen and oxygen atoms in total. The number of pyridine rings is 1. The van der Waals surface area contributed by atoms with Crippen molar-refractivity contribution in [1.82, 2.24) is 14.2 Å². The van der Waals surface area contributed by atoms with Gasteiger partial charge < -0.3 is 10.2 Å². The van der Waals surface area contributed by atoms with Crippen LogP contribution in [0.25, 0.3) is 0 Å². The molecule has 2 rings (SSSR count). The predicted octanol–water partition coefficient (Wildman–Crippen LogP) is 1.09. The molecule has 1 aromatic heterocycles. The zero-order valence-electron chi connectivity index (χ0n) is 12.9. The molecule has 0 saturated carbocycles. The number of nitrogens with zero attached hydrogens (tertiary/aromatic N) is 3. The normalized spacial score (nSPS) is 18.1. The molecule has 21 heavy (non-hydrogen) atoms. The molecule has 0 radical (unpaired) electrons. The summed E-state index contributed by atoms with van der Waals surface area (Å²) in [5.74, 6) is 0.823. The maximum atomic E-state index is 12.7. The van der Waals surface area contributed by atoms with Crippen molar-refractivity contribution in [2.75, 3.05) is 46.1 Å². The van der Waals surface area contributed by atoms with E-state index >= 15 is 0 Å². The molecule has 0 amide bonds. The summed E-state index contributed by atoms with van der Waals surface area (Å²) in [5, 5.41) is 2.84. The van der Waals surface area contributed by atoms with Crippen molar-refractivity contribution in [2.45, 2.75) is 17.7 Å². The van der Waals surface area contributed by atoms with E-state index in [2.05, 4.69) is 22.2 Å². The standard InChI is InChI=1S/C14H24N4O2S/c1-15-14-13(5-4-8-16-14)21(19,20)18(3)11-12-6-9-17(2)10-7-12/h4-5,8,12H,6-7,9-11H2,1-3H3,(H,15,16). The molecule has 1 aliphatic rings. The maximum absolute atomic E-state index is 12.7. The summed E-state index contributed by atoms with van der Waals surface area (Å²) in [5.41, 5.74) is 0. The Kier molecular flexibility index (Phi) is 5.18. The van der Waals surface area contributed by atoms with Gasteiger partial charge in [0.25, 0.3) is 0 Å². The molecular weight excluding hydrogens is 288 g/mol.